The van der Waals surface area contributed by atoms with Crippen molar-refractivity contribution in [1.29, 1.82) is 0 Å². The minimum atomic E-state index is 0. The molecule has 132 valence electrons. The van der Waals surface area contributed by atoms with E-state index >= 15 is 0 Å². The second kappa shape index (κ2) is 12.4. The Morgan fingerprint density at radius 2 is 2.09 bits per heavy atom. The summed E-state index contributed by atoms with van der Waals surface area (Å²) in [6, 6.07) is 8.00. The quantitative estimate of drug-likeness (QED) is 0.357. The third-order valence-corrected chi connectivity index (χ3v) is 3.17. The number of benzene rings is 1. The molecule has 0 atom stereocenters. The van der Waals surface area contributed by atoms with Crippen molar-refractivity contribution in [3.63, 3.8) is 0 Å². The predicted octanol–water partition coefficient (Wildman–Crippen LogP) is 2.70. The zero-order valence-corrected chi connectivity index (χ0v) is 17.0. The third kappa shape index (κ3) is 11.2. The molecule has 1 aromatic carbocycles. The van der Waals surface area contributed by atoms with Crippen molar-refractivity contribution in [3.8, 4) is 5.75 Å². The first-order chi connectivity index (χ1) is 10.5. The largest absolute Gasteiger partial charge is 0.492 e. The minimum Gasteiger partial charge on any atom is -0.492 e. The van der Waals surface area contributed by atoms with Gasteiger partial charge < -0.3 is 20.7 Å². The van der Waals surface area contributed by atoms with Gasteiger partial charge in [-0.2, -0.15) is 0 Å². The van der Waals surface area contributed by atoms with E-state index in [0.717, 1.165) is 30.8 Å². The Hall–Kier alpha value is -1.02. The molecule has 0 unspecified atom stereocenters. The van der Waals surface area contributed by atoms with Crippen LogP contribution in [-0.2, 0) is 6.54 Å². The highest BCUT2D eigenvalue weighted by Crippen LogP contribution is 2.14. The molecule has 0 aliphatic heterocycles. The van der Waals surface area contributed by atoms with E-state index in [2.05, 4.69) is 29.1 Å². The molecule has 0 aliphatic carbocycles. The van der Waals surface area contributed by atoms with Crippen LogP contribution in [0.4, 0.5) is 0 Å². The van der Waals surface area contributed by atoms with Gasteiger partial charge in [0.2, 0.25) is 0 Å². The Labute approximate surface area is 157 Å². The molecule has 0 aromatic heterocycles. The number of halogens is 1. The summed E-state index contributed by atoms with van der Waals surface area (Å²) in [5, 5.41) is 3.14. The second-order valence-corrected chi connectivity index (χ2v) is 6.11. The maximum absolute atomic E-state index is 5.86. The predicted molar refractivity (Wildman–Crippen MR) is 109 cm³/mol. The van der Waals surface area contributed by atoms with Gasteiger partial charge in [0, 0.05) is 13.1 Å². The van der Waals surface area contributed by atoms with E-state index in [1.165, 1.54) is 0 Å². The van der Waals surface area contributed by atoms with Crippen LogP contribution in [0.25, 0.3) is 0 Å². The van der Waals surface area contributed by atoms with Gasteiger partial charge in [-0.25, -0.2) is 4.99 Å². The molecular weight excluding hydrogens is 403 g/mol. The molecule has 0 amide bonds. The molecule has 1 aromatic rings. The third-order valence-electron chi connectivity index (χ3n) is 3.17. The molecule has 23 heavy (non-hydrogen) atoms. The number of aliphatic imine (C=N–C) groups is 1. The molecule has 0 aliphatic rings. The number of nitrogens with one attached hydrogen (secondary N) is 1. The summed E-state index contributed by atoms with van der Waals surface area (Å²) in [5.41, 5.74) is 6.95. The zero-order valence-electron chi connectivity index (χ0n) is 14.7. The first-order valence-electron chi connectivity index (χ1n) is 7.87. The molecule has 3 N–H and O–H groups in total. The monoisotopic (exact) mass is 434 g/mol. The summed E-state index contributed by atoms with van der Waals surface area (Å²) >= 11 is 0. The van der Waals surface area contributed by atoms with Gasteiger partial charge in [0.1, 0.15) is 12.4 Å². The Kier molecular flexibility index (Phi) is 11.9. The summed E-state index contributed by atoms with van der Waals surface area (Å²) in [7, 11) is 4.06. The fraction of sp³-hybridized carbons (Fsp3) is 0.588. The number of nitrogens with zero attached hydrogens (tertiary/aromatic N) is 2. The number of rotatable bonds is 9. The Balaban J connectivity index is 0.00000484. The lowest BCUT2D eigenvalue weighted by Crippen LogP contribution is -2.32. The van der Waals surface area contributed by atoms with Gasteiger partial charge in [0.05, 0.1) is 6.54 Å². The summed E-state index contributed by atoms with van der Waals surface area (Å²) in [5.74, 6) is 2.04. The lowest BCUT2D eigenvalue weighted by Gasteiger charge is -2.11. The molecule has 0 saturated heterocycles. The van der Waals surface area contributed by atoms with Crippen LogP contribution in [0.1, 0.15) is 25.8 Å². The molecule has 0 bridgehead atoms. The van der Waals surface area contributed by atoms with Crippen molar-refractivity contribution in [2.24, 2.45) is 16.6 Å². The number of hydrogen-bond acceptors (Lipinski definition) is 3. The molecule has 0 spiro atoms. The zero-order chi connectivity index (χ0) is 16.4. The van der Waals surface area contributed by atoms with Gasteiger partial charge in [-0.15, -0.1) is 24.0 Å². The lowest BCUT2D eigenvalue weighted by molar-refractivity contribution is 0.261. The number of likely N-dealkylation sites (N-methyl/N-ethyl adjacent to an activating group) is 1. The highest BCUT2D eigenvalue weighted by atomic mass is 127. The topological polar surface area (TPSA) is 62.9 Å². The highest BCUT2D eigenvalue weighted by Gasteiger charge is 1.99. The minimum absolute atomic E-state index is 0. The van der Waals surface area contributed by atoms with Gasteiger partial charge in [-0.1, -0.05) is 26.0 Å². The van der Waals surface area contributed by atoms with Crippen LogP contribution < -0.4 is 15.8 Å². The molecule has 6 heteroatoms. The van der Waals surface area contributed by atoms with E-state index in [0.29, 0.717) is 25.0 Å². The standard InChI is InChI=1S/C17H30N4O.HI/c1-14(2)8-9-19-17(18)20-13-15-6-5-7-16(12-15)22-11-10-21(3)4;/h5-7,12,14H,8-11,13H2,1-4H3,(H3,18,19,20);1H. The molecule has 1 rings (SSSR count). The Morgan fingerprint density at radius 3 is 2.74 bits per heavy atom. The smallest absolute Gasteiger partial charge is 0.188 e. The van der Waals surface area contributed by atoms with Crippen molar-refractivity contribution in [2.45, 2.75) is 26.8 Å². The average Bonchev–Trinajstić information content (AvgIpc) is 2.45. The lowest BCUT2D eigenvalue weighted by atomic mass is 10.1. The molecule has 5 nitrogen and oxygen atoms in total. The first kappa shape index (κ1) is 22.0. The van der Waals surface area contributed by atoms with Crippen molar-refractivity contribution >= 4 is 29.9 Å². The normalized spacial score (nSPS) is 11.5. The Bertz CT molecular complexity index is 464. The summed E-state index contributed by atoms with van der Waals surface area (Å²) in [6.45, 7) is 7.38. The van der Waals surface area contributed by atoms with E-state index in [-0.39, 0.29) is 24.0 Å². The fourth-order valence-corrected chi connectivity index (χ4v) is 1.80. The summed E-state index contributed by atoms with van der Waals surface area (Å²) < 4.78 is 5.72. The van der Waals surface area contributed by atoms with Gasteiger partial charge in [0.25, 0.3) is 0 Å². The number of hydrogen-bond donors (Lipinski definition) is 2. The van der Waals surface area contributed by atoms with Crippen LogP contribution in [0, 0.1) is 5.92 Å². The van der Waals surface area contributed by atoms with E-state index in [1.807, 2.05) is 38.4 Å². The van der Waals surface area contributed by atoms with Crippen LogP contribution in [0.15, 0.2) is 29.3 Å². The second-order valence-electron chi connectivity index (χ2n) is 6.11. The van der Waals surface area contributed by atoms with Crippen LogP contribution >= 0.6 is 24.0 Å². The van der Waals surface area contributed by atoms with Gasteiger partial charge in [0.15, 0.2) is 5.96 Å². The SMILES string of the molecule is CC(C)CCNC(N)=NCc1cccc(OCCN(C)C)c1.I. The average molecular weight is 434 g/mol. The molecule has 0 heterocycles. The van der Waals surface area contributed by atoms with Gasteiger partial charge >= 0.3 is 0 Å². The van der Waals surface area contributed by atoms with E-state index < -0.39 is 0 Å². The molecule has 0 saturated carbocycles. The summed E-state index contributed by atoms with van der Waals surface area (Å²) in [4.78, 5) is 6.46. The first-order valence-corrected chi connectivity index (χ1v) is 7.87. The van der Waals surface area contributed by atoms with Crippen LogP contribution in [0.5, 0.6) is 5.75 Å². The fourth-order valence-electron chi connectivity index (χ4n) is 1.80. The maximum Gasteiger partial charge on any atom is 0.188 e. The van der Waals surface area contributed by atoms with Crippen LogP contribution in [0.3, 0.4) is 0 Å². The van der Waals surface area contributed by atoms with Crippen LogP contribution in [0.2, 0.25) is 0 Å². The van der Waals surface area contributed by atoms with Crippen molar-refractivity contribution in [2.75, 3.05) is 33.8 Å². The summed E-state index contributed by atoms with van der Waals surface area (Å²) in [6.07, 6.45) is 1.09. The van der Waals surface area contributed by atoms with E-state index in [9.17, 15) is 0 Å². The van der Waals surface area contributed by atoms with Crippen LogP contribution in [-0.4, -0.2) is 44.7 Å². The van der Waals surface area contributed by atoms with Crippen molar-refractivity contribution < 1.29 is 4.74 Å². The van der Waals surface area contributed by atoms with Gasteiger partial charge in [-0.3, -0.25) is 0 Å². The maximum atomic E-state index is 5.86. The number of nitrogens with two attached hydrogens (primary N) is 1. The number of guanidine groups is 1. The molecule has 0 fully saturated rings. The van der Waals surface area contributed by atoms with E-state index in [4.69, 9.17) is 10.5 Å². The van der Waals surface area contributed by atoms with Gasteiger partial charge in [-0.05, 0) is 44.1 Å². The van der Waals surface area contributed by atoms with E-state index in [1.54, 1.807) is 0 Å². The van der Waals surface area contributed by atoms with Crippen molar-refractivity contribution in [1.82, 2.24) is 10.2 Å². The van der Waals surface area contributed by atoms with Crippen molar-refractivity contribution in [3.05, 3.63) is 29.8 Å². The molecular formula is C17H31IN4O. The Morgan fingerprint density at radius 1 is 1.35 bits per heavy atom. The highest BCUT2D eigenvalue weighted by molar-refractivity contribution is 14.0. The number of ether oxygens (including phenoxy) is 1. The molecule has 0 radical (unpaired) electrons.